The maximum atomic E-state index is 12.3. The van der Waals surface area contributed by atoms with Crippen LogP contribution in [0.2, 0.25) is 0 Å². The van der Waals surface area contributed by atoms with Gasteiger partial charge in [0.05, 0.1) is 10.6 Å². The number of carbonyl (C=O) groups is 1. The highest BCUT2D eigenvalue weighted by Gasteiger charge is 2.11. The number of carbonyl (C=O) groups excluding carboxylic acids is 1. The molecule has 2 N–H and O–H groups in total. The molecule has 0 heterocycles. The van der Waals surface area contributed by atoms with E-state index in [0.29, 0.717) is 23.0 Å². The van der Waals surface area contributed by atoms with Gasteiger partial charge in [0.25, 0.3) is 5.91 Å². The van der Waals surface area contributed by atoms with Gasteiger partial charge in [-0.2, -0.15) is 0 Å². The number of rotatable bonds is 6. The molecule has 0 aromatic heterocycles. The Morgan fingerprint density at radius 1 is 1.23 bits per heavy atom. The number of hydrogen-bond acceptors (Lipinski definition) is 4. The first-order valence-electron chi connectivity index (χ1n) is 8.07. The van der Waals surface area contributed by atoms with Gasteiger partial charge in [-0.05, 0) is 84.1 Å². The highest BCUT2D eigenvalue weighted by molar-refractivity contribution is 9.10. The number of benzene rings is 2. The molecule has 0 aliphatic heterocycles. The van der Waals surface area contributed by atoms with Gasteiger partial charge in [-0.25, -0.2) is 0 Å². The van der Waals surface area contributed by atoms with E-state index in [4.69, 9.17) is 17.0 Å². The summed E-state index contributed by atoms with van der Waals surface area (Å²) in [6, 6.07) is 13.4. The summed E-state index contributed by atoms with van der Waals surface area (Å²) in [7, 11) is 0. The maximum absolute atomic E-state index is 12.3. The smallest absolute Gasteiger partial charge is 0.257 e. The van der Waals surface area contributed by atoms with E-state index in [9.17, 15) is 4.79 Å². The van der Waals surface area contributed by atoms with Crippen molar-refractivity contribution in [1.29, 1.82) is 0 Å². The minimum atomic E-state index is -0.267. The van der Waals surface area contributed by atoms with Crippen molar-refractivity contribution >= 4 is 50.9 Å². The van der Waals surface area contributed by atoms with Crippen LogP contribution < -0.4 is 15.4 Å². The van der Waals surface area contributed by atoms with Gasteiger partial charge >= 0.3 is 0 Å². The van der Waals surface area contributed by atoms with E-state index < -0.39 is 0 Å². The molecule has 2 aromatic carbocycles. The molecule has 0 saturated heterocycles. The molecule has 0 saturated carbocycles. The third-order valence-corrected chi connectivity index (χ3v) is 5.01. The van der Waals surface area contributed by atoms with Crippen LogP contribution in [0.5, 0.6) is 5.75 Å². The highest BCUT2D eigenvalue weighted by Crippen LogP contribution is 2.26. The summed E-state index contributed by atoms with van der Waals surface area (Å²) < 4.78 is 6.37. The van der Waals surface area contributed by atoms with Crippen LogP contribution in [0.25, 0.3) is 0 Å². The third kappa shape index (κ3) is 6.30. The van der Waals surface area contributed by atoms with E-state index >= 15 is 0 Å². The van der Waals surface area contributed by atoms with E-state index in [1.807, 2.05) is 32.2 Å². The normalized spacial score (nSPS) is 10.5. The van der Waals surface area contributed by atoms with E-state index in [1.54, 1.807) is 30.0 Å². The molecule has 0 unspecified atom stereocenters. The average molecular weight is 453 g/mol. The van der Waals surface area contributed by atoms with E-state index in [1.165, 1.54) is 4.90 Å². The molecule has 0 fully saturated rings. The zero-order chi connectivity index (χ0) is 19.1. The molecular formula is C19H21BrN2O2S2. The summed E-state index contributed by atoms with van der Waals surface area (Å²) >= 11 is 10.3. The number of thiocarbonyl (C=S) groups is 1. The molecule has 0 bridgehead atoms. The summed E-state index contributed by atoms with van der Waals surface area (Å²) in [5.74, 6) is 0.433. The fourth-order valence-corrected chi connectivity index (χ4v) is 3.18. The zero-order valence-corrected chi connectivity index (χ0v) is 18.1. The lowest BCUT2D eigenvalue weighted by Gasteiger charge is -2.13. The SMILES string of the molecule is CSc1ccc(CNC(=S)NC(=O)c2ccc(OC(C)C)c(Br)c2)cc1. The minimum Gasteiger partial charge on any atom is -0.490 e. The molecule has 0 radical (unpaired) electrons. The average Bonchev–Trinajstić information content (AvgIpc) is 2.61. The van der Waals surface area contributed by atoms with Gasteiger partial charge in [0.2, 0.25) is 0 Å². The van der Waals surface area contributed by atoms with E-state index in [2.05, 4.69) is 38.7 Å². The summed E-state index contributed by atoms with van der Waals surface area (Å²) in [4.78, 5) is 13.5. The summed E-state index contributed by atoms with van der Waals surface area (Å²) in [6.07, 6.45) is 2.10. The topological polar surface area (TPSA) is 50.4 Å². The number of amides is 1. The fraction of sp³-hybridized carbons (Fsp3) is 0.263. The van der Waals surface area contributed by atoms with Gasteiger partial charge in [-0.3, -0.25) is 10.1 Å². The van der Waals surface area contributed by atoms with Crippen molar-refractivity contribution < 1.29 is 9.53 Å². The standard InChI is InChI=1S/C19H21BrN2O2S2/c1-12(2)24-17-9-6-14(10-16(17)20)18(23)22-19(25)21-11-13-4-7-15(26-3)8-5-13/h4-10,12H,11H2,1-3H3,(H2,21,22,23,25). The molecule has 0 spiro atoms. The predicted octanol–water partition coefficient (Wildman–Crippen LogP) is 4.76. The van der Waals surface area contributed by atoms with Crippen molar-refractivity contribution in [2.75, 3.05) is 6.26 Å². The monoisotopic (exact) mass is 452 g/mol. The van der Waals surface area contributed by atoms with Gasteiger partial charge in [0.1, 0.15) is 5.75 Å². The van der Waals surface area contributed by atoms with Gasteiger partial charge in [0, 0.05) is 17.0 Å². The molecular weight excluding hydrogens is 432 g/mol. The lowest BCUT2D eigenvalue weighted by atomic mass is 10.2. The van der Waals surface area contributed by atoms with Crippen molar-refractivity contribution in [2.45, 2.75) is 31.4 Å². The van der Waals surface area contributed by atoms with Gasteiger partial charge in [-0.1, -0.05) is 12.1 Å². The first kappa shape index (κ1) is 20.7. The Morgan fingerprint density at radius 2 is 1.92 bits per heavy atom. The zero-order valence-electron chi connectivity index (χ0n) is 14.8. The molecule has 2 rings (SSSR count). The van der Waals surface area contributed by atoms with Crippen molar-refractivity contribution in [3.8, 4) is 5.75 Å². The van der Waals surface area contributed by atoms with Crippen LogP contribution in [0.4, 0.5) is 0 Å². The van der Waals surface area contributed by atoms with Gasteiger partial charge in [-0.15, -0.1) is 11.8 Å². The molecule has 138 valence electrons. The van der Waals surface area contributed by atoms with Gasteiger partial charge in [0.15, 0.2) is 5.11 Å². The first-order chi connectivity index (χ1) is 12.4. The second-order valence-corrected chi connectivity index (χ2v) is 7.94. The summed E-state index contributed by atoms with van der Waals surface area (Å²) in [5.41, 5.74) is 1.60. The lowest BCUT2D eigenvalue weighted by Crippen LogP contribution is -2.38. The van der Waals surface area contributed by atoms with Crippen molar-refractivity contribution in [1.82, 2.24) is 10.6 Å². The number of halogens is 1. The molecule has 1 amide bonds. The van der Waals surface area contributed by atoms with Crippen LogP contribution in [0, 0.1) is 0 Å². The largest absolute Gasteiger partial charge is 0.490 e. The Bertz CT molecular complexity index is 780. The molecule has 0 atom stereocenters. The minimum absolute atomic E-state index is 0.0627. The number of thioether (sulfide) groups is 1. The van der Waals surface area contributed by atoms with Crippen molar-refractivity contribution in [2.24, 2.45) is 0 Å². The summed E-state index contributed by atoms with van der Waals surface area (Å²) in [6.45, 7) is 4.45. The molecule has 7 heteroatoms. The molecule has 0 aliphatic carbocycles. The first-order valence-corrected chi connectivity index (χ1v) is 10.5. The van der Waals surface area contributed by atoms with Gasteiger partial charge < -0.3 is 10.1 Å². The lowest BCUT2D eigenvalue weighted by molar-refractivity contribution is 0.0976. The Kier molecular flexibility index (Phi) is 7.93. The number of hydrogen-bond donors (Lipinski definition) is 2. The van der Waals surface area contributed by atoms with Crippen molar-refractivity contribution in [3.63, 3.8) is 0 Å². The second kappa shape index (κ2) is 9.94. The van der Waals surface area contributed by atoms with Crippen LogP contribution >= 0.6 is 39.9 Å². The summed E-state index contributed by atoms with van der Waals surface area (Å²) in [5, 5.41) is 6.03. The van der Waals surface area contributed by atoms with Crippen LogP contribution in [0.3, 0.4) is 0 Å². The van der Waals surface area contributed by atoms with E-state index in [0.717, 1.165) is 10.0 Å². The molecule has 0 aliphatic rings. The molecule has 2 aromatic rings. The van der Waals surface area contributed by atoms with Crippen LogP contribution in [-0.4, -0.2) is 23.4 Å². The Hall–Kier alpha value is -1.57. The van der Waals surface area contributed by atoms with Crippen LogP contribution in [0.15, 0.2) is 51.8 Å². The van der Waals surface area contributed by atoms with Crippen LogP contribution in [-0.2, 0) is 6.54 Å². The highest BCUT2D eigenvalue weighted by atomic mass is 79.9. The Labute approximate surface area is 172 Å². The maximum Gasteiger partial charge on any atom is 0.257 e. The quantitative estimate of drug-likeness (QED) is 0.488. The van der Waals surface area contributed by atoms with Crippen molar-refractivity contribution in [3.05, 3.63) is 58.1 Å². The van der Waals surface area contributed by atoms with E-state index in [-0.39, 0.29) is 12.0 Å². The number of ether oxygens (including phenoxy) is 1. The third-order valence-electron chi connectivity index (χ3n) is 3.40. The predicted molar refractivity (Wildman–Crippen MR) is 115 cm³/mol. The Balaban J connectivity index is 1.89. The molecule has 26 heavy (non-hydrogen) atoms. The van der Waals surface area contributed by atoms with Crippen LogP contribution in [0.1, 0.15) is 29.8 Å². The Morgan fingerprint density at radius 3 is 2.50 bits per heavy atom. The number of nitrogens with one attached hydrogen (secondary N) is 2. The fourth-order valence-electron chi connectivity index (χ4n) is 2.14. The molecule has 4 nitrogen and oxygen atoms in total. The second-order valence-electron chi connectivity index (χ2n) is 5.80.